The third kappa shape index (κ3) is 2.23. The Hall–Kier alpha value is -0.810. The van der Waals surface area contributed by atoms with Gasteiger partial charge in [0.15, 0.2) is 0 Å². The first-order chi connectivity index (χ1) is 7.18. The second-order valence-electron chi connectivity index (χ2n) is 3.70. The van der Waals surface area contributed by atoms with Gasteiger partial charge in [0.2, 0.25) is 0 Å². The SMILES string of the molecule is Cn1cc(Br)cc1C(=O)N1CCNCC1. The van der Waals surface area contributed by atoms with Crippen LogP contribution in [0.2, 0.25) is 0 Å². The first kappa shape index (κ1) is 10.7. The maximum atomic E-state index is 12.1. The molecule has 5 heteroatoms. The van der Waals surface area contributed by atoms with E-state index in [1.807, 2.05) is 28.8 Å². The highest BCUT2D eigenvalue weighted by Crippen LogP contribution is 2.15. The van der Waals surface area contributed by atoms with Crippen LogP contribution in [0, 0.1) is 0 Å². The average Bonchev–Trinajstić information content (AvgIpc) is 2.58. The van der Waals surface area contributed by atoms with E-state index in [1.165, 1.54) is 0 Å². The molecule has 1 aliphatic rings. The highest BCUT2D eigenvalue weighted by Gasteiger charge is 2.20. The Balaban J connectivity index is 2.16. The quantitative estimate of drug-likeness (QED) is 0.822. The topological polar surface area (TPSA) is 37.3 Å². The van der Waals surface area contributed by atoms with Crippen molar-refractivity contribution >= 4 is 21.8 Å². The third-order valence-electron chi connectivity index (χ3n) is 2.59. The van der Waals surface area contributed by atoms with E-state index >= 15 is 0 Å². The maximum Gasteiger partial charge on any atom is 0.270 e. The minimum atomic E-state index is 0.115. The molecule has 0 radical (unpaired) electrons. The van der Waals surface area contributed by atoms with Gasteiger partial charge >= 0.3 is 0 Å². The minimum Gasteiger partial charge on any atom is -0.345 e. The molecular formula is C10H14BrN3O. The lowest BCUT2D eigenvalue weighted by atomic mass is 10.3. The summed E-state index contributed by atoms with van der Waals surface area (Å²) in [5.74, 6) is 0.115. The summed E-state index contributed by atoms with van der Waals surface area (Å²) in [5.41, 5.74) is 0.740. The number of aromatic nitrogens is 1. The van der Waals surface area contributed by atoms with Crippen molar-refractivity contribution in [3.05, 3.63) is 22.4 Å². The number of rotatable bonds is 1. The lowest BCUT2D eigenvalue weighted by Crippen LogP contribution is -2.46. The largest absolute Gasteiger partial charge is 0.345 e. The number of amides is 1. The molecule has 0 atom stereocenters. The summed E-state index contributed by atoms with van der Waals surface area (Å²) in [4.78, 5) is 14.0. The number of hydrogen-bond acceptors (Lipinski definition) is 2. The smallest absolute Gasteiger partial charge is 0.270 e. The van der Waals surface area contributed by atoms with Crippen LogP contribution in [-0.4, -0.2) is 41.6 Å². The predicted octanol–water partition coefficient (Wildman–Crippen LogP) is 0.833. The van der Waals surface area contributed by atoms with Gasteiger partial charge in [-0.2, -0.15) is 0 Å². The monoisotopic (exact) mass is 271 g/mol. The van der Waals surface area contributed by atoms with Crippen LogP contribution in [0.25, 0.3) is 0 Å². The Morgan fingerprint density at radius 1 is 1.47 bits per heavy atom. The molecule has 2 heterocycles. The van der Waals surface area contributed by atoms with Crippen LogP contribution in [0.3, 0.4) is 0 Å². The number of aryl methyl sites for hydroxylation is 1. The molecule has 1 aliphatic heterocycles. The summed E-state index contributed by atoms with van der Waals surface area (Å²) in [6.45, 7) is 3.36. The second kappa shape index (κ2) is 4.37. The predicted molar refractivity (Wildman–Crippen MR) is 61.9 cm³/mol. The first-order valence-electron chi connectivity index (χ1n) is 5.00. The molecule has 1 fully saturated rings. The molecule has 0 aromatic carbocycles. The van der Waals surface area contributed by atoms with Gasteiger partial charge < -0.3 is 14.8 Å². The van der Waals surface area contributed by atoms with Crippen molar-refractivity contribution in [3.8, 4) is 0 Å². The highest BCUT2D eigenvalue weighted by molar-refractivity contribution is 9.10. The Kier molecular flexibility index (Phi) is 3.11. The first-order valence-corrected chi connectivity index (χ1v) is 5.79. The second-order valence-corrected chi connectivity index (χ2v) is 4.61. The van der Waals surface area contributed by atoms with E-state index in [1.54, 1.807) is 0 Å². The molecule has 1 aromatic heterocycles. The van der Waals surface area contributed by atoms with Crippen LogP contribution in [0.1, 0.15) is 10.5 Å². The molecule has 1 aromatic rings. The number of hydrogen-bond donors (Lipinski definition) is 1. The molecule has 1 amide bonds. The fourth-order valence-electron chi connectivity index (χ4n) is 1.77. The molecule has 0 bridgehead atoms. The average molecular weight is 272 g/mol. The van der Waals surface area contributed by atoms with E-state index in [0.29, 0.717) is 0 Å². The van der Waals surface area contributed by atoms with Crippen molar-refractivity contribution in [2.45, 2.75) is 0 Å². The van der Waals surface area contributed by atoms with Gasteiger partial charge in [-0.25, -0.2) is 0 Å². The van der Waals surface area contributed by atoms with E-state index in [4.69, 9.17) is 0 Å². The molecule has 82 valence electrons. The number of piperazine rings is 1. The van der Waals surface area contributed by atoms with E-state index in [2.05, 4.69) is 21.2 Å². The van der Waals surface area contributed by atoms with E-state index < -0.39 is 0 Å². The van der Waals surface area contributed by atoms with Crippen LogP contribution in [0.5, 0.6) is 0 Å². The lowest BCUT2D eigenvalue weighted by Gasteiger charge is -2.27. The summed E-state index contributed by atoms with van der Waals surface area (Å²) in [6, 6.07) is 1.87. The summed E-state index contributed by atoms with van der Waals surface area (Å²) >= 11 is 3.37. The third-order valence-corrected chi connectivity index (χ3v) is 3.03. The van der Waals surface area contributed by atoms with E-state index in [-0.39, 0.29) is 5.91 Å². The highest BCUT2D eigenvalue weighted by atomic mass is 79.9. The van der Waals surface area contributed by atoms with Crippen LogP contribution in [-0.2, 0) is 7.05 Å². The van der Waals surface area contributed by atoms with Gasteiger partial charge in [0.1, 0.15) is 5.69 Å². The minimum absolute atomic E-state index is 0.115. The molecule has 4 nitrogen and oxygen atoms in total. The Morgan fingerprint density at radius 2 is 2.13 bits per heavy atom. The normalized spacial score (nSPS) is 16.8. The van der Waals surface area contributed by atoms with Gasteiger partial charge in [-0.1, -0.05) is 0 Å². The van der Waals surface area contributed by atoms with E-state index in [0.717, 1.165) is 36.3 Å². The summed E-state index contributed by atoms with van der Waals surface area (Å²) in [5, 5.41) is 3.23. The molecule has 1 saturated heterocycles. The summed E-state index contributed by atoms with van der Waals surface area (Å²) in [7, 11) is 1.89. The Labute approximate surface area is 97.4 Å². The van der Waals surface area contributed by atoms with Gasteiger partial charge in [-0.15, -0.1) is 0 Å². The van der Waals surface area contributed by atoms with Gasteiger partial charge in [-0.3, -0.25) is 4.79 Å². The van der Waals surface area contributed by atoms with Crippen molar-refractivity contribution in [1.29, 1.82) is 0 Å². The van der Waals surface area contributed by atoms with Crippen LogP contribution in [0.4, 0.5) is 0 Å². The van der Waals surface area contributed by atoms with Crippen LogP contribution < -0.4 is 5.32 Å². The van der Waals surface area contributed by atoms with Crippen LogP contribution in [0.15, 0.2) is 16.7 Å². The fourth-order valence-corrected chi connectivity index (χ4v) is 2.29. The number of nitrogens with one attached hydrogen (secondary N) is 1. The van der Waals surface area contributed by atoms with Crippen molar-refractivity contribution in [3.63, 3.8) is 0 Å². The van der Waals surface area contributed by atoms with Crippen LogP contribution >= 0.6 is 15.9 Å². The Morgan fingerprint density at radius 3 is 2.67 bits per heavy atom. The fraction of sp³-hybridized carbons (Fsp3) is 0.500. The van der Waals surface area contributed by atoms with Gasteiger partial charge in [0.05, 0.1) is 0 Å². The molecule has 0 saturated carbocycles. The van der Waals surface area contributed by atoms with Gasteiger partial charge in [0, 0.05) is 43.9 Å². The molecule has 0 aliphatic carbocycles. The number of halogens is 1. The summed E-state index contributed by atoms with van der Waals surface area (Å²) < 4.78 is 2.80. The molecule has 0 spiro atoms. The zero-order valence-corrected chi connectivity index (χ0v) is 10.2. The number of carbonyl (C=O) groups is 1. The maximum absolute atomic E-state index is 12.1. The zero-order chi connectivity index (χ0) is 10.8. The molecular weight excluding hydrogens is 258 g/mol. The lowest BCUT2D eigenvalue weighted by molar-refractivity contribution is 0.0726. The van der Waals surface area contributed by atoms with E-state index in [9.17, 15) is 4.79 Å². The molecule has 2 rings (SSSR count). The molecule has 15 heavy (non-hydrogen) atoms. The van der Waals surface area contributed by atoms with Gasteiger partial charge in [-0.05, 0) is 22.0 Å². The van der Waals surface area contributed by atoms with Crippen molar-refractivity contribution in [2.24, 2.45) is 7.05 Å². The summed E-state index contributed by atoms with van der Waals surface area (Å²) in [6.07, 6.45) is 1.90. The number of carbonyl (C=O) groups excluding carboxylic acids is 1. The Bertz CT molecular complexity index is 369. The van der Waals surface area contributed by atoms with Crippen molar-refractivity contribution in [1.82, 2.24) is 14.8 Å². The molecule has 1 N–H and O–H groups in total. The molecule has 0 unspecified atom stereocenters. The number of nitrogens with zero attached hydrogens (tertiary/aromatic N) is 2. The van der Waals surface area contributed by atoms with Crippen molar-refractivity contribution < 1.29 is 4.79 Å². The van der Waals surface area contributed by atoms with Gasteiger partial charge in [0.25, 0.3) is 5.91 Å². The zero-order valence-electron chi connectivity index (χ0n) is 8.66. The van der Waals surface area contributed by atoms with Crippen molar-refractivity contribution in [2.75, 3.05) is 26.2 Å². The standard InChI is InChI=1S/C10H14BrN3O/c1-13-7-8(11)6-9(13)10(15)14-4-2-12-3-5-14/h6-7,12H,2-5H2,1H3.